The van der Waals surface area contributed by atoms with Crippen molar-refractivity contribution in [3.8, 4) is 11.4 Å². The molecule has 7 nitrogen and oxygen atoms in total. The molecule has 0 spiro atoms. The van der Waals surface area contributed by atoms with Crippen LogP contribution < -0.4 is 16.6 Å². The van der Waals surface area contributed by atoms with Crippen LogP contribution in [0.4, 0.5) is 0 Å². The highest BCUT2D eigenvalue weighted by Gasteiger charge is 2.21. The molecule has 2 heterocycles. The van der Waals surface area contributed by atoms with Gasteiger partial charge in [0, 0.05) is 47.7 Å². The fourth-order valence-electron chi connectivity index (χ4n) is 2.65. The van der Waals surface area contributed by atoms with Crippen LogP contribution in [0.1, 0.15) is 44.4 Å². The average Bonchev–Trinajstić information content (AvgIpc) is 2.66. The average molecular weight is 357 g/mol. The highest BCUT2D eigenvalue weighted by Crippen LogP contribution is 2.13. The number of nitrogens with zero attached hydrogens (tertiary/aromatic N) is 2. The van der Waals surface area contributed by atoms with Crippen molar-refractivity contribution in [3.63, 3.8) is 0 Å². The summed E-state index contributed by atoms with van der Waals surface area (Å²) in [5.74, 6) is 0.365. The maximum Gasteiger partial charge on any atom is 0.254 e. The van der Waals surface area contributed by atoms with E-state index in [1.807, 2.05) is 19.9 Å². The molecule has 2 aromatic rings. The summed E-state index contributed by atoms with van der Waals surface area (Å²) < 4.78 is 0. The first-order chi connectivity index (χ1) is 12.4. The van der Waals surface area contributed by atoms with Gasteiger partial charge in [-0.3, -0.25) is 14.6 Å². The van der Waals surface area contributed by atoms with Gasteiger partial charge in [-0.15, -0.1) is 0 Å². The van der Waals surface area contributed by atoms with Crippen LogP contribution in [0.15, 0.2) is 29.3 Å². The van der Waals surface area contributed by atoms with Crippen LogP contribution in [0.3, 0.4) is 0 Å². The van der Waals surface area contributed by atoms with Crippen molar-refractivity contribution >= 4 is 5.91 Å². The molecule has 140 valence electrons. The molecule has 0 aromatic carbocycles. The molecular formula is C19H27N5O2. The van der Waals surface area contributed by atoms with Crippen LogP contribution in [0.2, 0.25) is 0 Å². The fraction of sp³-hybridized carbons (Fsp3) is 0.474. The molecule has 2 rings (SSSR count). The van der Waals surface area contributed by atoms with Crippen molar-refractivity contribution in [2.45, 2.75) is 52.0 Å². The molecule has 0 bridgehead atoms. The summed E-state index contributed by atoms with van der Waals surface area (Å²) in [5, 5.41) is 2.87. The second-order valence-electron chi connectivity index (χ2n) is 6.57. The molecule has 0 aliphatic rings. The molecule has 0 saturated carbocycles. The van der Waals surface area contributed by atoms with Gasteiger partial charge in [-0.2, -0.15) is 0 Å². The van der Waals surface area contributed by atoms with Crippen LogP contribution in [-0.2, 0) is 11.2 Å². The van der Waals surface area contributed by atoms with E-state index in [1.54, 1.807) is 25.4 Å². The van der Waals surface area contributed by atoms with Gasteiger partial charge in [0.1, 0.15) is 5.82 Å². The van der Waals surface area contributed by atoms with E-state index in [0.717, 1.165) is 18.4 Å². The van der Waals surface area contributed by atoms with Crippen molar-refractivity contribution < 1.29 is 4.79 Å². The third kappa shape index (κ3) is 4.98. The number of nitrogens with one attached hydrogen (secondary N) is 2. The van der Waals surface area contributed by atoms with Crippen molar-refractivity contribution in [2.75, 3.05) is 6.54 Å². The second-order valence-corrected chi connectivity index (χ2v) is 6.57. The van der Waals surface area contributed by atoms with Crippen molar-refractivity contribution in [1.29, 1.82) is 0 Å². The van der Waals surface area contributed by atoms with Gasteiger partial charge in [0.05, 0.1) is 0 Å². The van der Waals surface area contributed by atoms with Crippen molar-refractivity contribution in [1.82, 2.24) is 20.3 Å². The monoisotopic (exact) mass is 357 g/mol. The summed E-state index contributed by atoms with van der Waals surface area (Å²) in [7, 11) is 0. The molecule has 26 heavy (non-hydrogen) atoms. The number of carbonyl (C=O) groups is 1. The Balaban J connectivity index is 2.02. The highest BCUT2D eigenvalue weighted by atomic mass is 16.1. The van der Waals surface area contributed by atoms with Gasteiger partial charge in [0.15, 0.2) is 0 Å². The molecule has 0 saturated heterocycles. The lowest BCUT2D eigenvalue weighted by molar-refractivity contribution is -0.121. The zero-order valence-electron chi connectivity index (χ0n) is 15.6. The Morgan fingerprint density at radius 1 is 1.35 bits per heavy atom. The van der Waals surface area contributed by atoms with E-state index in [1.165, 1.54) is 0 Å². The van der Waals surface area contributed by atoms with Gasteiger partial charge in [0.25, 0.3) is 5.56 Å². The smallest absolute Gasteiger partial charge is 0.254 e. The van der Waals surface area contributed by atoms with Crippen LogP contribution in [-0.4, -0.2) is 32.9 Å². The summed E-state index contributed by atoms with van der Waals surface area (Å²) in [5.41, 5.74) is 7.48. The first-order valence-corrected chi connectivity index (χ1v) is 8.94. The number of carbonyl (C=O) groups excluding carboxylic acids is 1. The van der Waals surface area contributed by atoms with E-state index in [-0.39, 0.29) is 23.4 Å². The third-order valence-electron chi connectivity index (χ3n) is 4.81. The van der Waals surface area contributed by atoms with E-state index in [0.29, 0.717) is 30.0 Å². The molecule has 4 N–H and O–H groups in total. The molecule has 0 atom stereocenters. The number of H-pyrrole nitrogens is 1. The lowest BCUT2D eigenvalue weighted by Crippen LogP contribution is -2.49. The predicted molar refractivity (Wildman–Crippen MR) is 102 cm³/mol. The minimum absolute atomic E-state index is 0.114. The molecular weight excluding hydrogens is 330 g/mol. The molecule has 0 fully saturated rings. The van der Waals surface area contributed by atoms with Gasteiger partial charge < -0.3 is 16.0 Å². The Bertz CT molecular complexity index is 797. The van der Waals surface area contributed by atoms with Crippen LogP contribution in [0.5, 0.6) is 0 Å². The summed E-state index contributed by atoms with van der Waals surface area (Å²) in [6, 6.07) is 3.62. The Hall–Kier alpha value is -2.54. The van der Waals surface area contributed by atoms with Crippen LogP contribution in [0.25, 0.3) is 11.4 Å². The normalized spacial score (nSPS) is 11.4. The molecule has 2 aromatic heterocycles. The molecule has 0 aliphatic heterocycles. The number of nitrogens with two attached hydrogens (primary N) is 1. The van der Waals surface area contributed by atoms with Crippen molar-refractivity contribution in [3.05, 3.63) is 46.1 Å². The van der Waals surface area contributed by atoms with Crippen LogP contribution >= 0.6 is 0 Å². The molecule has 0 unspecified atom stereocenters. The largest absolute Gasteiger partial charge is 0.354 e. The van der Waals surface area contributed by atoms with Gasteiger partial charge >= 0.3 is 0 Å². The van der Waals surface area contributed by atoms with Gasteiger partial charge in [-0.25, -0.2) is 4.98 Å². The van der Waals surface area contributed by atoms with Gasteiger partial charge in [0.2, 0.25) is 5.91 Å². The van der Waals surface area contributed by atoms with E-state index < -0.39 is 0 Å². The summed E-state index contributed by atoms with van der Waals surface area (Å²) in [6.07, 6.45) is 5.45. The number of hydrogen-bond acceptors (Lipinski definition) is 5. The fourth-order valence-corrected chi connectivity index (χ4v) is 2.65. The van der Waals surface area contributed by atoms with E-state index in [4.69, 9.17) is 5.73 Å². The molecule has 0 radical (unpaired) electrons. The number of rotatable bonds is 8. The lowest BCUT2D eigenvalue weighted by atomic mass is 9.94. The first-order valence-electron chi connectivity index (χ1n) is 8.94. The Morgan fingerprint density at radius 3 is 2.65 bits per heavy atom. The zero-order chi connectivity index (χ0) is 19.2. The third-order valence-corrected chi connectivity index (χ3v) is 4.81. The summed E-state index contributed by atoms with van der Waals surface area (Å²) in [4.78, 5) is 35.7. The predicted octanol–water partition coefficient (Wildman–Crippen LogP) is 1.71. The highest BCUT2D eigenvalue weighted by molar-refractivity contribution is 5.76. The van der Waals surface area contributed by atoms with E-state index in [2.05, 4.69) is 20.3 Å². The van der Waals surface area contributed by atoms with Crippen molar-refractivity contribution in [2.24, 2.45) is 5.73 Å². The maximum atomic E-state index is 12.4. The Kier molecular flexibility index (Phi) is 6.63. The second kappa shape index (κ2) is 8.71. The quantitative estimate of drug-likeness (QED) is 0.665. The molecule has 7 heteroatoms. The summed E-state index contributed by atoms with van der Waals surface area (Å²) >= 11 is 0. The van der Waals surface area contributed by atoms with E-state index >= 15 is 0 Å². The number of aromatic amines is 1. The number of aromatic nitrogens is 3. The standard InChI is InChI=1S/C19H27N5O2/c1-4-19(20,5-2)12-22-16(25)9-8-15-13(3)23-17(24-18(15)26)14-7-6-10-21-11-14/h6-7,10-11H,4-5,8-9,12,20H2,1-3H3,(H,22,25)(H,23,24,26). The number of amides is 1. The SMILES string of the molecule is CCC(N)(CC)CNC(=O)CCc1c(C)nc(-c2cccnc2)[nH]c1=O. The zero-order valence-corrected chi connectivity index (χ0v) is 15.6. The number of aryl methyl sites for hydroxylation is 1. The minimum Gasteiger partial charge on any atom is -0.354 e. The van der Waals surface area contributed by atoms with E-state index in [9.17, 15) is 9.59 Å². The maximum absolute atomic E-state index is 12.4. The molecule has 0 aliphatic carbocycles. The lowest BCUT2D eigenvalue weighted by Gasteiger charge is -2.26. The number of hydrogen-bond donors (Lipinski definition) is 3. The van der Waals surface area contributed by atoms with Gasteiger partial charge in [-0.1, -0.05) is 13.8 Å². The topological polar surface area (TPSA) is 114 Å². The summed E-state index contributed by atoms with van der Waals surface area (Å²) in [6.45, 7) is 6.23. The Labute approximate surface area is 153 Å². The first kappa shape index (κ1) is 19.8. The Morgan fingerprint density at radius 2 is 2.08 bits per heavy atom. The number of pyridine rings is 1. The minimum atomic E-state index is -0.379. The van der Waals surface area contributed by atoms with Gasteiger partial charge in [-0.05, 0) is 38.3 Å². The molecule has 1 amide bonds. The van der Waals surface area contributed by atoms with Crippen LogP contribution in [0, 0.1) is 6.92 Å².